The normalized spacial score (nSPS) is 25.5. The molecule has 0 amide bonds. The number of allylic oxidation sites excluding steroid dienone is 2. The number of ether oxygens (including phenoxy) is 1. The first-order chi connectivity index (χ1) is 6.43. The molecule has 0 bridgehead atoms. The molecule has 0 radical (unpaired) electrons. The molecule has 0 spiro atoms. The van der Waals surface area contributed by atoms with Crippen molar-refractivity contribution in [3.05, 3.63) is 34.9 Å². The number of carbonyl (C=O) groups is 1. The van der Waals surface area contributed by atoms with Crippen molar-refractivity contribution in [2.45, 2.75) is 17.9 Å². The van der Waals surface area contributed by atoms with E-state index in [-0.39, 0.29) is 0 Å². The fourth-order valence-electron chi connectivity index (χ4n) is 0.894. The maximum atomic E-state index is 11.3. The van der Waals surface area contributed by atoms with Gasteiger partial charge in [0.25, 0.3) is 0 Å². The molecule has 1 rings (SSSR count). The zero-order chi connectivity index (χ0) is 10.8. The van der Waals surface area contributed by atoms with Crippen LogP contribution in [0.1, 0.15) is 13.3 Å². The lowest BCUT2D eigenvalue weighted by Crippen LogP contribution is -2.27. The van der Waals surface area contributed by atoms with E-state index in [1.54, 1.807) is 13.0 Å². The van der Waals surface area contributed by atoms with Gasteiger partial charge in [-0.3, -0.25) is 0 Å². The van der Waals surface area contributed by atoms with Crippen molar-refractivity contribution in [1.82, 2.24) is 0 Å². The average Bonchev–Trinajstić information content (AvgIpc) is 2.10. The Kier molecular flexibility index (Phi) is 3.72. The van der Waals surface area contributed by atoms with Crippen LogP contribution in [0.15, 0.2) is 34.9 Å². The van der Waals surface area contributed by atoms with Gasteiger partial charge in [0, 0.05) is 16.5 Å². The molecule has 0 fully saturated rings. The first kappa shape index (κ1) is 11.7. The molecule has 76 valence electrons. The summed E-state index contributed by atoms with van der Waals surface area (Å²) >= 11 is 6.69. The van der Waals surface area contributed by atoms with Crippen LogP contribution in [0.2, 0.25) is 0 Å². The third-order valence-corrected chi connectivity index (χ3v) is 3.02. The molecule has 0 saturated carbocycles. The Balaban J connectivity index is 2.66. The maximum Gasteiger partial charge on any atom is 0.334 e. The standard InChI is InChI=1S/C10H10Br2O2/c1-7(2)9(13)14-10(12)5-3-8(11)4-6-10/h3-5H,1,6H2,2H3. The van der Waals surface area contributed by atoms with Gasteiger partial charge in [0.05, 0.1) is 0 Å². The van der Waals surface area contributed by atoms with Crippen LogP contribution in [0.25, 0.3) is 0 Å². The number of carbonyl (C=O) groups excluding carboxylic acids is 1. The fourth-order valence-corrected chi connectivity index (χ4v) is 1.63. The lowest BCUT2D eigenvalue weighted by atomic mass is 10.1. The van der Waals surface area contributed by atoms with Crippen molar-refractivity contribution >= 4 is 37.8 Å². The highest BCUT2D eigenvalue weighted by molar-refractivity contribution is 9.12. The van der Waals surface area contributed by atoms with Crippen molar-refractivity contribution in [2.75, 3.05) is 0 Å². The summed E-state index contributed by atoms with van der Waals surface area (Å²) in [7, 11) is 0. The van der Waals surface area contributed by atoms with Gasteiger partial charge in [-0.15, -0.1) is 0 Å². The van der Waals surface area contributed by atoms with E-state index in [4.69, 9.17) is 4.74 Å². The number of alkyl halides is 1. The molecule has 0 N–H and O–H groups in total. The number of esters is 1. The van der Waals surface area contributed by atoms with Crippen molar-refractivity contribution in [1.29, 1.82) is 0 Å². The molecule has 0 aromatic rings. The summed E-state index contributed by atoms with van der Waals surface area (Å²) in [4.78, 5) is 11.3. The van der Waals surface area contributed by atoms with E-state index >= 15 is 0 Å². The minimum atomic E-state index is -0.722. The van der Waals surface area contributed by atoms with Crippen molar-refractivity contribution in [2.24, 2.45) is 0 Å². The summed E-state index contributed by atoms with van der Waals surface area (Å²) < 4.78 is 5.48. The van der Waals surface area contributed by atoms with Crippen LogP contribution >= 0.6 is 31.9 Å². The van der Waals surface area contributed by atoms with E-state index in [1.165, 1.54) is 0 Å². The molecule has 4 heteroatoms. The lowest BCUT2D eigenvalue weighted by Gasteiger charge is -2.25. The predicted octanol–water partition coefficient (Wildman–Crippen LogP) is 3.44. The van der Waals surface area contributed by atoms with Crippen molar-refractivity contribution in [3.63, 3.8) is 0 Å². The van der Waals surface area contributed by atoms with Gasteiger partial charge in [-0.05, 0) is 35.0 Å². The van der Waals surface area contributed by atoms with Crippen LogP contribution in [0.4, 0.5) is 0 Å². The highest BCUT2D eigenvalue weighted by atomic mass is 79.9. The van der Waals surface area contributed by atoms with Gasteiger partial charge in [-0.1, -0.05) is 28.6 Å². The van der Waals surface area contributed by atoms with E-state index in [0.717, 1.165) is 4.48 Å². The monoisotopic (exact) mass is 320 g/mol. The fraction of sp³-hybridized carbons (Fsp3) is 0.300. The van der Waals surface area contributed by atoms with Crippen LogP contribution in [0.3, 0.4) is 0 Å². The molecule has 1 aliphatic rings. The molecule has 2 nitrogen and oxygen atoms in total. The third kappa shape index (κ3) is 3.10. The molecular weight excluding hydrogens is 312 g/mol. The number of rotatable bonds is 2. The summed E-state index contributed by atoms with van der Waals surface area (Å²) in [5.41, 5.74) is 0.394. The second-order valence-electron chi connectivity index (χ2n) is 3.08. The molecule has 0 aliphatic heterocycles. The highest BCUT2D eigenvalue weighted by Crippen LogP contribution is 2.33. The summed E-state index contributed by atoms with van der Waals surface area (Å²) in [5, 5.41) is 0. The molecular formula is C10H10Br2O2. The minimum Gasteiger partial charge on any atom is -0.440 e. The van der Waals surface area contributed by atoms with Gasteiger partial charge in [0.1, 0.15) is 0 Å². The smallest absolute Gasteiger partial charge is 0.334 e. The molecule has 0 heterocycles. The predicted molar refractivity (Wildman–Crippen MR) is 63.3 cm³/mol. The Morgan fingerprint density at radius 3 is 2.79 bits per heavy atom. The largest absolute Gasteiger partial charge is 0.440 e. The molecule has 0 saturated heterocycles. The van der Waals surface area contributed by atoms with E-state index < -0.39 is 10.5 Å². The van der Waals surface area contributed by atoms with Crippen LogP contribution in [-0.4, -0.2) is 10.5 Å². The van der Waals surface area contributed by atoms with Gasteiger partial charge in [-0.2, -0.15) is 0 Å². The van der Waals surface area contributed by atoms with Crippen LogP contribution < -0.4 is 0 Å². The zero-order valence-electron chi connectivity index (χ0n) is 7.72. The number of halogens is 2. The summed E-state index contributed by atoms with van der Waals surface area (Å²) in [6.07, 6.45) is 6.16. The van der Waals surface area contributed by atoms with Gasteiger partial charge in [0.15, 0.2) is 4.51 Å². The quantitative estimate of drug-likeness (QED) is 0.442. The topological polar surface area (TPSA) is 26.3 Å². The number of hydrogen-bond donors (Lipinski definition) is 0. The molecule has 1 aliphatic carbocycles. The molecule has 1 atom stereocenters. The van der Waals surface area contributed by atoms with E-state index in [2.05, 4.69) is 38.4 Å². The van der Waals surface area contributed by atoms with E-state index in [0.29, 0.717) is 12.0 Å². The molecule has 1 unspecified atom stereocenters. The Labute approximate surface area is 100.0 Å². The zero-order valence-corrected chi connectivity index (χ0v) is 10.9. The minimum absolute atomic E-state index is 0.391. The van der Waals surface area contributed by atoms with E-state index in [1.807, 2.05) is 12.2 Å². The summed E-state index contributed by atoms with van der Waals surface area (Å²) in [6.45, 7) is 5.14. The van der Waals surface area contributed by atoms with Crippen LogP contribution in [-0.2, 0) is 9.53 Å². The van der Waals surface area contributed by atoms with Gasteiger partial charge in [0.2, 0.25) is 0 Å². The number of hydrogen-bond acceptors (Lipinski definition) is 2. The second kappa shape index (κ2) is 4.45. The average molecular weight is 322 g/mol. The summed E-state index contributed by atoms with van der Waals surface area (Å²) in [5.74, 6) is -0.391. The summed E-state index contributed by atoms with van der Waals surface area (Å²) in [6, 6.07) is 0. The Morgan fingerprint density at radius 1 is 1.71 bits per heavy atom. The Hall–Kier alpha value is -0.350. The van der Waals surface area contributed by atoms with Crippen molar-refractivity contribution in [3.8, 4) is 0 Å². The van der Waals surface area contributed by atoms with Gasteiger partial charge < -0.3 is 4.74 Å². The SMILES string of the molecule is C=C(C)C(=O)OC1(Br)C=CC(Br)=CC1. The maximum absolute atomic E-state index is 11.3. The lowest BCUT2D eigenvalue weighted by molar-refractivity contribution is -0.143. The Morgan fingerprint density at radius 2 is 2.36 bits per heavy atom. The molecule has 14 heavy (non-hydrogen) atoms. The third-order valence-electron chi connectivity index (χ3n) is 1.68. The van der Waals surface area contributed by atoms with Gasteiger partial charge in [-0.25, -0.2) is 4.79 Å². The second-order valence-corrected chi connectivity index (χ2v) is 5.34. The van der Waals surface area contributed by atoms with Crippen molar-refractivity contribution < 1.29 is 9.53 Å². The Bertz CT molecular complexity index is 331. The highest BCUT2D eigenvalue weighted by Gasteiger charge is 2.29. The first-order valence-electron chi connectivity index (χ1n) is 4.06. The van der Waals surface area contributed by atoms with Crippen LogP contribution in [0.5, 0.6) is 0 Å². The van der Waals surface area contributed by atoms with Gasteiger partial charge >= 0.3 is 5.97 Å². The van der Waals surface area contributed by atoms with E-state index in [9.17, 15) is 4.79 Å². The van der Waals surface area contributed by atoms with Crippen LogP contribution in [0, 0.1) is 0 Å². The first-order valence-corrected chi connectivity index (χ1v) is 5.64. The molecule has 0 aromatic carbocycles. The molecule has 0 aromatic heterocycles.